The molecule has 0 fully saturated rings. The average molecular weight is 352 g/mol. The molecule has 0 radical (unpaired) electrons. The molecule has 0 saturated carbocycles. The number of nitrogens with one attached hydrogen (secondary N) is 1. The zero-order chi connectivity index (χ0) is 17.7. The first-order valence-corrected chi connectivity index (χ1v) is 8.82. The third-order valence-electron chi connectivity index (χ3n) is 3.18. The van der Waals surface area contributed by atoms with E-state index in [2.05, 4.69) is 5.32 Å². The second-order valence-electron chi connectivity index (χ2n) is 5.00. The molecule has 1 amide bonds. The number of nitrogens with zero attached hydrogens (tertiary/aromatic N) is 1. The Bertz CT molecular complexity index is 822. The van der Waals surface area contributed by atoms with E-state index in [0.29, 0.717) is 11.4 Å². The van der Waals surface area contributed by atoms with Gasteiger partial charge in [-0.1, -0.05) is 12.1 Å². The number of methoxy groups -OCH3 is 1. The van der Waals surface area contributed by atoms with Crippen molar-refractivity contribution in [1.82, 2.24) is 0 Å². The van der Waals surface area contributed by atoms with Crippen molar-refractivity contribution >= 4 is 27.3 Å². The number of rotatable bonds is 6. The zero-order valence-electron chi connectivity index (χ0n) is 13.2. The number of ether oxygens (including phenoxy) is 1. The molecular formula is C16H17FN2O4S. The van der Waals surface area contributed by atoms with Gasteiger partial charge in [-0.3, -0.25) is 9.10 Å². The predicted molar refractivity (Wildman–Crippen MR) is 90.2 cm³/mol. The van der Waals surface area contributed by atoms with Crippen LogP contribution in [0.15, 0.2) is 48.5 Å². The molecule has 2 aromatic rings. The number of halogens is 1. The van der Waals surface area contributed by atoms with Gasteiger partial charge < -0.3 is 10.1 Å². The van der Waals surface area contributed by atoms with Crippen LogP contribution in [0, 0.1) is 5.82 Å². The lowest BCUT2D eigenvalue weighted by molar-refractivity contribution is -0.114. The fourth-order valence-corrected chi connectivity index (χ4v) is 2.90. The molecular weight excluding hydrogens is 335 g/mol. The molecule has 0 bridgehead atoms. The van der Waals surface area contributed by atoms with E-state index in [9.17, 15) is 17.6 Å². The van der Waals surface area contributed by atoms with Crippen LogP contribution in [0.3, 0.4) is 0 Å². The summed E-state index contributed by atoms with van der Waals surface area (Å²) in [5.41, 5.74) is 0.299. The molecule has 0 aliphatic heterocycles. The number of hydrogen-bond donors (Lipinski definition) is 1. The Hall–Kier alpha value is -2.61. The summed E-state index contributed by atoms with van der Waals surface area (Å²) in [4.78, 5) is 12.1. The molecule has 0 spiro atoms. The second-order valence-corrected chi connectivity index (χ2v) is 6.90. The van der Waals surface area contributed by atoms with Gasteiger partial charge in [-0.25, -0.2) is 12.8 Å². The van der Waals surface area contributed by atoms with Gasteiger partial charge in [0, 0.05) is 5.69 Å². The first kappa shape index (κ1) is 17.7. The molecule has 0 atom stereocenters. The first-order chi connectivity index (χ1) is 11.3. The maximum absolute atomic E-state index is 13.9. The van der Waals surface area contributed by atoms with Crippen LogP contribution in [0.2, 0.25) is 0 Å². The van der Waals surface area contributed by atoms with Crippen molar-refractivity contribution in [3.05, 3.63) is 54.3 Å². The largest absolute Gasteiger partial charge is 0.497 e. The Kier molecular flexibility index (Phi) is 5.40. The van der Waals surface area contributed by atoms with Crippen LogP contribution < -0.4 is 14.4 Å². The van der Waals surface area contributed by atoms with Gasteiger partial charge in [-0.2, -0.15) is 0 Å². The van der Waals surface area contributed by atoms with Crippen molar-refractivity contribution in [2.24, 2.45) is 0 Å². The maximum atomic E-state index is 13.9. The topological polar surface area (TPSA) is 75.7 Å². The third-order valence-corrected chi connectivity index (χ3v) is 4.31. The average Bonchev–Trinajstić information content (AvgIpc) is 2.53. The van der Waals surface area contributed by atoms with Gasteiger partial charge in [0.2, 0.25) is 15.9 Å². The molecule has 2 aromatic carbocycles. The number of sulfonamides is 1. The lowest BCUT2D eigenvalue weighted by atomic mass is 10.3. The van der Waals surface area contributed by atoms with E-state index in [0.717, 1.165) is 16.6 Å². The highest BCUT2D eigenvalue weighted by molar-refractivity contribution is 7.92. The van der Waals surface area contributed by atoms with Crippen molar-refractivity contribution in [1.29, 1.82) is 0 Å². The summed E-state index contributed by atoms with van der Waals surface area (Å²) in [6, 6.07) is 11.9. The Morgan fingerprint density at radius 2 is 1.79 bits per heavy atom. The normalized spacial score (nSPS) is 11.0. The van der Waals surface area contributed by atoms with Gasteiger partial charge >= 0.3 is 0 Å². The van der Waals surface area contributed by atoms with Gasteiger partial charge in [-0.05, 0) is 36.4 Å². The van der Waals surface area contributed by atoms with Crippen molar-refractivity contribution in [3.63, 3.8) is 0 Å². The minimum Gasteiger partial charge on any atom is -0.497 e. The molecule has 0 heterocycles. The monoisotopic (exact) mass is 352 g/mol. The number of anilines is 2. The molecule has 0 aliphatic rings. The van der Waals surface area contributed by atoms with E-state index in [1.54, 1.807) is 24.3 Å². The lowest BCUT2D eigenvalue weighted by Crippen LogP contribution is -2.38. The van der Waals surface area contributed by atoms with Gasteiger partial charge in [0.15, 0.2) is 0 Å². The fourth-order valence-electron chi connectivity index (χ4n) is 2.04. The van der Waals surface area contributed by atoms with Crippen LogP contribution in [0.5, 0.6) is 5.75 Å². The minimum absolute atomic E-state index is 0.176. The zero-order valence-corrected chi connectivity index (χ0v) is 14.0. The number of hydrogen-bond acceptors (Lipinski definition) is 4. The van der Waals surface area contributed by atoms with Crippen LogP contribution in [0.4, 0.5) is 15.8 Å². The molecule has 128 valence electrons. The van der Waals surface area contributed by atoms with Gasteiger partial charge in [0.25, 0.3) is 0 Å². The SMILES string of the molecule is COc1ccc(NC(=O)CN(c2ccccc2F)S(C)(=O)=O)cc1. The maximum Gasteiger partial charge on any atom is 0.245 e. The van der Waals surface area contributed by atoms with Crippen molar-refractivity contribution in [2.45, 2.75) is 0 Å². The number of carbonyl (C=O) groups excluding carboxylic acids is 1. The first-order valence-electron chi connectivity index (χ1n) is 6.97. The summed E-state index contributed by atoms with van der Waals surface area (Å²) >= 11 is 0. The lowest BCUT2D eigenvalue weighted by Gasteiger charge is -2.22. The van der Waals surface area contributed by atoms with Gasteiger partial charge in [-0.15, -0.1) is 0 Å². The van der Waals surface area contributed by atoms with E-state index in [4.69, 9.17) is 4.74 Å². The van der Waals surface area contributed by atoms with Gasteiger partial charge in [0.1, 0.15) is 18.1 Å². The molecule has 2 rings (SSSR count). The highest BCUT2D eigenvalue weighted by Gasteiger charge is 2.23. The third kappa shape index (κ3) is 4.45. The smallest absolute Gasteiger partial charge is 0.245 e. The number of carbonyl (C=O) groups is 1. The summed E-state index contributed by atoms with van der Waals surface area (Å²) in [5, 5.41) is 2.56. The van der Waals surface area contributed by atoms with E-state index < -0.39 is 28.3 Å². The summed E-state index contributed by atoms with van der Waals surface area (Å²) in [7, 11) is -2.31. The van der Waals surface area contributed by atoms with Crippen LogP contribution in [-0.2, 0) is 14.8 Å². The minimum atomic E-state index is -3.83. The Labute approximate surface area is 139 Å². The van der Waals surface area contributed by atoms with Crippen LogP contribution in [-0.4, -0.2) is 34.2 Å². The number of benzene rings is 2. The molecule has 0 saturated heterocycles. The summed E-state index contributed by atoms with van der Waals surface area (Å²) in [5.74, 6) is -0.689. The standard InChI is InChI=1S/C16H17FN2O4S/c1-23-13-9-7-12(8-10-13)18-16(20)11-19(24(2,21)22)15-6-4-3-5-14(15)17/h3-10H,11H2,1-2H3,(H,18,20). The Balaban J connectivity index is 2.17. The van der Waals surface area contributed by atoms with Crippen molar-refractivity contribution in [3.8, 4) is 5.75 Å². The van der Waals surface area contributed by atoms with E-state index in [-0.39, 0.29) is 5.69 Å². The van der Waals surface area contributed by atoms with E-state index in [1.165, 1.54) is 25.3 Å². The van der Waals surface area contributed by atoms with E-state index >= 15 is 0 Å². The van der Waals surface area contributed by atoms with Crippen molar-refractivity contribution < 1.29 is 22.3 Å². The summed E-state index contributed by atoms with van der Waals surface area (Å²) in [6.07, 6.45) is 0.917. The predicted octanol–water partition coefficient (Wildman–Crippen LogP) is 2.24. The fraction of sp³-hybridized carbons (Fsp3) is 0.188. The molecule has 6 nitrogen and oxygen atoms in total. The molecule has 0 unspecified atom stereocenters. The summed E-state index contributed by atoms with van der Waals surface area (Å²) in [6.45, 7) is -0.536. The number of para-hydroxylation sites is 1. The Morgan fingerprint density at radius 3 is 2.33 bits per heavy atom. The molecule has 1 N–H and O–H groups in total. The molecule has 24 heavy (non-hydrogen) atoms. The van der Waals surface area contributed by atoms with Crippen LogP contribution in [0.25, 0.3) is 0 Å². The molecule has 0 aromatic heterocycles. The molecule has 0 aliphatic carbocycles. The Morgan fingerprint density at radius 1 is 1.17 bits per heavy atom. The highest BCUT2D eigenvalue weighted by atomic mass is 32.2. The second kappa shape index (κ2) is 7.31. The van der Waals surface area contributed by atoms with Crippen molar-refractivity contribution in [2.75, 3.05) is 29.5 Å². The van der Waals surface area contributed by atoms with Crippen LogP contribution in [0.1, 0.15) is 0 Å². The molecule has 8 heteroatoms. The van der Waals surface area contributed by atoms with E-state index in [1.807, 2.05) is 0 Å². The summed E-state index contributed by atoms with van der Waals surface area (Å²) < 4.78 is 43.5. The van der Waals surface area contributed by atoms with Gasteiger partial charge in [0.05, 0.1) is 19.1 Å². The van der Waals surface area contributed by atoms with Crippen LogP contribution >= 0.6 is 0 Å². The number of amides is 1. The highest BCUT2D eigenvalue weighted by Crippen LogP contribution is 2.21. The quantitative estimate of drug-likeness (QED) is 0.865.